The van der Waals surface area contributed by atoms with Crippen molar-refractivity contribution in [3.63, 3.8) is 0 Å². The Balaban J connectivity index is 2.90. The smallest absolute Gasteiger partial charge is 0.335 e. The Morgan fingerprint density at radius 1 is 1.29 bits per heavy atom. The first-order chi connectivity index (χ1) is 6.27. The zero-order valence-corrected chi connectivity index (χ0v) is 7.36. The first-order valence-electron chi connectivity index (χ1n) is 3.94. The Labute approximate surface area is 79.2 Å². The molecule has 1 heterocycles. The van der Waals surface area contributed by atoms with Gasteiger partial charge < -0.3 is 30.3 Å². The van der Waals surface area contributed by atoms with E-state index in [1.807, 2.05) is 0 Å². The molecular formula is C7H12O7. The van der Waals surface area contributed by atoms with Gasteiger partial charge in [0.2, 0.25) is 0 Å². The molecule has 0 aliphatic carbocycles. The zero-order chi connectivity index (χ0) is 11.1. The maximum atomic E-state index is 10.5. The van der Waals surface area contributed by atoms with E-state index in [-0.39, 0.29) is 0 Å². The predicted molar refractivity (Wildman–Crippen MR) is 41.2 cm³/mol. The third-order valence-electron chi connectivity index (χ3n) is 2.14. The van der Waals surface area contributed by atoms with Crippen molar-refractivity contribution in [1.29, 1.82) is 0 Å². The molecule has 14 heavy (non-hydrogen) atoms. The molecule has 7 nitrogen and oxygen atoms in total. The fourth-order valence-electron chi connectivity index (χ4n) is 1.28. The Morgan fingerprint density at radius 2 is 1.79 bits per heavy atom. The third-order valence-corrected chi connectivity index (χ3v) is 2.14. The van der Waals surface area contributed by atoms with Crippen LogP contribution in [-0.2, 0) is 9.53 Å². The number of carbonyl (C=O) groups is 1. The molecule has 0 radical (unpaired) electrons. The van der Waals surface area contributed by atoms with E-state index >= 15 is 0 Å². The molecule has 82 valence electrons. The molecule has 0 bridgehead atoms. The van der Waals surface area contributed by atoms with E-state index in [1.165, 1.54) is 0 Å². The summed E-state index contributed by atoms with van der Waals surface area (Å²) in [5, 5.41) is 45.5. The van der Waals surface area contributed by atoms with E-state index < -0.39 is 36.2 Å². The summed E-state index contributed by atoms with van der Waals surface area (Å²) in [5.74, 6) is -3.72. The van der Waals surface area contributed by atoms with Crippen molar-refractivity contribution < 1.29 is 35.1 Å². The molecule has 0 saturated carbocycles. The second-order valence-electron chi connectivity index (χ2n) is 3.36. The van der Waals surface area contributed by atoms with Crippen molar-refractivity contribution in [3.05, 3.63) is 0 Å². The molecule has 7 heteroatoms. The highest BCUT2D eigenvalue weighted by atomic mass is 16.7. The number of hydrogen-bond acceptors (Lipinski definition) is 6. The van der Waals surface area contributed by atoms with Crippen LogP contribution in [0.4, 0.5) is 0 Å². The molecule has 0 aromatic rings. The van der Waals surface area contributed by atoms with Crippen LogP contribution in [0, 0.1) is 0 Å². The molecule has 0 aromatic carbocycles. The van der Waals surface area contributed by atoms with E-state index in [2.05, 4.69) is 4.74 Å². The van der Waals surface area contributed by atoms with E-state index in [0.717, 1.165) is 6.92 Å². The maximum Gasteiger partial charge on any atom is 0.335 e. The summed E-state index contributed by atoms with van der Waals surface area (Å²) in [7, 11) is 0. The number of carboxylic acids is 1. The van der Waals surface area contributed by atoms with Gasteiger partial charge in [-0.25, -0.2) is 4.79 Å². The van der Waals surface area contributed by atoms with Gasteiger partial charge in [-0.3, -0.25) is 0 Å². The molecule has 1 aliphatic rings. The minimum absolute atomic E-state index is 1.00. The average molecular weight is 208 g/mol. The monoisotopic (exact) mass is 208 g/mol. The summed E-state index contributed by atoms with van der Waals surface area (Å²) in [6.07, 6.45) is -7.06. The fourth-order valence-corrected chi connectivity index (χ4v) is 1.28. The topological polar surface area (TPSA) is 127 Å². The van der Waals surface area contributed by atoms with Crippen molar-refractivity contribution in [2.24, 2.45) is 0 Å². The Kier molecular flexibility index (Phi) is 2.79. The minimum Gasteiger partial charge on any atom is -0.479 e. The summed E-state index contributed by atoms with van der Waals surface area (Å²) in [5.41, 5.74) is 0. The van der Waals surface area contributed by atoms with Gasteiger partial charge in [-0.1, -0.05) is 0 Å². The second-order valence-corrected chi connectivity index (χ2v) is 3.36. The average Bonchev–Trinajstić information content (AvgIpc) is 2.08. The summed E-state index contributed by atoms with van der Waals surface area (Å²) >= 11 is 0. The van der Waals surface area contributed by atoms with Gasteiger partial charge in [-0.15, -0.1) is 0 Å². The van der Waals surface area contributed by atoms with E-state index in [0.29, 0.717) is 0 Å². The highest BCUT2D eigenvalue weighted by Gasteiger charge is 2.52. The second kappa shape index (κ2) is 3.44. The van der Waals surface area contributed by atoms with Crippen molar-refractivity contribution in [2.75, 3.05) is 0 Å². The minimum atomic E-state index is -2.19. The molecule has 1 rings (SSSR count). The quantitative estimate of drug-likeness (QED) is 0.316. The Bertz CT molecular complexity index is 238. The number of aliphatic hydroxyl groups excluding tert-OH is 3. The Morgan fingerprint density at radius 3 is 2.21 bits per heavy atom. The number of carboxylic acid groups (broad SMARTS) is 1. The predicted octanol–water partition coefficient (Wildman–Crippen LogP) is -2.74. The van der Waals surface area contributed by atoms with Crippen LogP contribution in [0.25, 0.3) is 0 Å². The summed E-state index contributed by atoms with van der Waals surface area (Å²) in [4.78, 5) is 10.5. The van der Waals surface area contributed by atoms with Crippen LogP contribution in [-0.4, -0.2) is 61.7 Å². The van der Waals surface area contributed by atoms with Crippen molar-refractivity contribution in [2.45, 2.75) is 37.1 Å². The standard InChI is InChI=1S/C7H12O7/c1-7(13)5(10)3(9)2(8)4(14-7)6(11)12/h2-5,8-10,13H,1H3,(H,11,12)/t2-,3-,4-,5+,7-/m0/s1. The molecular weight excluding hydrogens is 196 g/mol. The lowest BCUT2D eigenvalue weighted by atomic mass is 9.93. The van der Waals surface area contributed by atoms with Gasteiger partial charge in [0.15, 0.2) is 11.9 Å². The molecule has 0 amide bonds. The lowest BCUT2D eigenvalue weighted by Gasteiger charge is -2.42. The molecule has 5 N–H and O–H groups in total. The van der Waals surface area contributed by atoms with Gasteiger partial charge >= 0.3 is 5.97 Å². The number of rotatable bonds is 1. The van der Waals surface area contributed by atoms with E-state index in [4.69, 9.17) is 5.11 Å². The van der Waals surface area contributed by atoms with Gasteiger partial charge in [0, 0.05) is 0 Å². The van der Waals surface area contributed by atoms with Gasteiger partial charge in [0.05, 0.1) is 0 Å². The molecule has 1 saturated heterocycles. The lowest BCUT2D eigenvalue weighted by Crippen LogP contribution is -2.64. The first-order valence-corrected chi connectivity index (χ1v) is 3.94. The summed E-state index contributed by atoms with van der Waals surface area (Å²) in [6.45, 7) is 1.00. The molecule has 1 fully saturated rings. The number of aliphatic hydroxyl groups is 4. The van der Waals surface area contributed by atoms with Gasteiger partial charge in [0.25, 0.3) is 0 Å². The van der Waals surface area contributed by atoms with E-state index in [1.54, 1.807) is 0 Å². The third kappa shape index (κ3) is 1.72. The molecule has 5 atom stereocenters. The van der Waals surface area contributed by atoms with Gasteiger partial charge in [-0.2, -0.15) is 0 Å². The maximum absolute atomic E-state index is 10.5. The Hall–Kier alpha value is -0.730. The largest absolute Gasteiger partial charge is 0.479 e. The lowest BCUT2D eigenvalue weighted by molar-refractivity contribution is -0.333. The van der Waals surface area contributed by atoms with Crippen LogP contribution in [0.1, 0.15) is 6.92 Å². The molecule has 0 spiro atoms. The van der Waals surface area contributed by atoms with Crippen LogP contribution in [0.15, 0.2) is 0 Å². The highest BCUT2D eigenvalue weighted by molar-refractivity contribution is 5.73. The van der Waals surface area contributed by atoms with Crippen molar-refractivity contribution >= 4 is 5.97 Å². The van der Waals surface area contributed by atoms with Crippen LogP contribution in [0.2, 0.25) is 0 Å². The molecule has 0 unspecified atom stereocenters. The number of hydrogen-bond donors (Lipinski definition) is 5. The molecule has 1 aliphatic heterocycles. The van der Waals surface area contributed by atoms with Crippen LogP contribution < -0.4 is 0 Å². The summed E-state index contributed by atoms with van der Waals surface area (Å²) < 4.78 is 4.53. The van der Waals surface area contributed by atoms with Crippen LogP contribution >= 0.6 is 0 Å². The van der Waals surface area contributed by atoms with Crippen molar-refractivity contribution in [3.8, 4) is 0 Å². The van der Waals surface area contributed by atoms with Gasteiger partial charge in [-0.05, 0) is 6.92 Å². The van der Waals surface area contributed by atoms with Crippen molar-refractivity contribution in [1.82, 2.24) is 0 Å². The first kappa shape index (κ1) is 11.3. The normalized spacial score (nSPS) is 48.9. The SMILES string of the molecule is C[C@]1(O)O[C@H](C(=O)O)[C@@H](O)[C@H](O)[C@H]1O. The number of aliphatic carboxylic acids is 1. The summed E-state index contributed by atoms with van der Waals surface area (Å²) in [6, 6.07) is 0. The molecule has 0 aromatic heterocycles. The van der Waals surface area contributed by atoms with E-state index in [9.17, 15) is 25.2 Å². The fraction of sp³-hybridized carbons (Fsp3) is 0.857. The van der Waals surface area contributed by atoms with Crippen LogP contribution in [0.3, 0.4) is 0 Å². The van der Waals surface area contributed by atoms with Crippen LogP contribution in [0.5, 0.6) is 0 Å². The zero-order valence-electron chi connectivity index (χ0n) is 7.36. The van der Waals surface area contributed by atoms with Gasteiger partial charge in [0.1, 0.15) is 18.3 Å². The number of ether oxygens (including phenoxy) is 1. The highest BCUT2D eigenvalue weighted by Crippen LogP contribution is 2.27.